The molecule has 0 spiro atoms. The van der Waals surface area contributed by atoms with E-state index in [0.29, 0.717) is 17.9 Å². The number of hydrogen-bond donors (Lipinski definition) is 1. The van der Waals surface area contributed by atoms with Gasteiger partial charge in [-0.1, -0.05) is 0 Å². The number of nitrogen functional groups attached to an aromatic ring is 1. The van der Waals surface area contributed by atoms with E-state index in [1.165, 1.54) is 4.52 Å². The molecule has 0 bridgehead atoms. The molecule has 2 rings (SSSR count). The van der Waals surface area contributed by atoms with E-state index in [9.17, 15) is 4.79 Å². The first kappa shape index (κ1) is 10.4. The SMILES string of the molecule is CCOC(=O)c1c(C)nc2ccnn2c1N. The van der Waals surface area contributed by atoms with Crippen molar-refractivity contribution < 1.29 is 9.53 Å². The smallest absolute Gasteiger partial charge is 0.343 e. The number of aryl methyl sites for hydroxylation is 1. The summed E-state index contributed by atoms with van der Waals surface area (Å²) in [6.07, 6.45) is 1.58. The largest absolute Gasteiger partial charge is 0.462 e. The summed E-state index contributed by atoms with van der Waals surface area (Å²) in [7, 11) is 0. The molecule has 0 aliphatic heterocycles. The molecule has 2 heterocycles. The van der Waals surface area contributed by atoms with Crippen molar-refractivity contribution in [3.8, 4) is 0 Å². The Hall–Kier alpha value is -2.11. The normalized spacial score (nSPS) is 10.6. The molecule has 2 aromatic rings. The Morgan fingerprint density at radius 1 is 1.62 bits per heavy atom. The minimum absolute atomic E-state index is 0.256. The predicted molar refractivity (Wildman–Crippen MR) is 58.1 cm³/mol. The van der Waals surface area contributed by atoms with E-state index >= 15 is 0 Å². The van der Waals surface area contributed by atoms with Crippen LogP contribution in [-0.2, 0) is 4.74 Å². The summed E-state index contributed by atoms with van der Waals surface area (Å²) in [6.45, 7) is 3.76. The van der Waals surface area contributed by atoms with Gasteiger partial charge in [0.2, 0.25) is 0 Å². The third-order valence-electron chi connectivity index (χ3n) is 2.23. The Kier molecular flexibility index (Phi) is 2.47. The van der Waals surface area contributed by atoms with Gasteiger partial charge in [0, 0.05) is 6.07 Å². The predicted octanol–water partition coefficient (Wildman–Crippen LogP) is 0.797. The maximum absolute atomic E-state index is 11.7. The number of aromatic nitrogens is 3. The van der Waals surface area contributed by atoms with Crippen LogP contribution in [0.3, 0.4) is 0 Å². The van der Waals surface area contributed by atoms with Gasteiger partial charge in [0.1, 0.15) is 11.4 Å². The third kappa shape index (κ3) is 1.48. The maximum atomic E-state index is 11.7. The highest BCUT2D eigenvalue weighted by molar-refractivity contribution is 5.95. The molecular weight excluding hydrogens is 208 g/mol. The van der Waals surface area contributed by atoms with Gasteiger partial charge in [-0.2, -0.15) is 9.61 Å². The standard InChI is InChI=1S/C10H12N4O2/c1-3-16-10(15)8-6(2)13-7-4-5-12-14(7)9(8)11/h4-5H,3,11H2,1-2H3. The van der Waals surface area contributed by atoms with Crippen molar-refractivity contribution in [1.82, 2.24) is 14.6 Å². The minimum Gasteiger partial charge on any atom is -0.462 e. The summed E-state index contributed by atoms with van der Waals surface area (Å²) >= 11 is 0. The first-order valence-electron chi connectivity index (χ1n) is 4.92. The van der Waals surface area contributed by atoms with Gasteiger partial charge in [-0.15, -0.1) is 0 Å². The summed E-state index contributed by atoms with van der Waals surface area (Å²) in [5, 5.41) is 3.98. The van der Waals surface area contributed by atoms with Gasteiger partial charge in [-0.3, -0.25) is 0 Å². The van der Waals surface area contributed by atoms with E-state index in [-0.39, 0.29) is 11.4 Å². The van der Waals surface area contributed by atoms with Crippen LogP contribution < -0.4 is 5.73 Å². The molecule has 2 aromatic heterocycles. The van der Waals surface area contributed by atoms with Gasteiger partial charge >= 0.3 is 5.97 Å². The molecule has 0 saturated heterocycles. The summed E-state index contributed by atoms with van der Waals surface area (Å²) in [5.74, 6) is -0.214. The van der Waals surface area contributed by atoms with Crippen LogP contribution >= 0.6 is 0 Å². The molecule has 6 heteroatoms. The first-order valence-corrected chi connectivity index (χ1v) is 4.92. The topological polar surface area (TPSA) is 82.5 Å². The Morgan fingerprint density at radius 2 is 2.38 bits per heavy atom. The van der Waals surface area contributed by atoms with Crippen LogP contribution in [-0.4, -0.2) is 27.2 Å². The van der Waals surface area contributed by atoms with Crippen LogP contribution in [0.15, 0.2) is 12.3 Å². The second-order valence-electron chi connectivity index (χ2n) is 3.28. The van der Waals surface area contributed by atoms with Crippen LogP contribution in [0, 0.1) is 6.92 Å². The van der Waals surface area contributed by atoms with E-state index < -0.39 is 5.97 Å². The second-order valence-corrected chi connectivity index (χ2v) is 3.28. The number of nitrogens with zero attached hydrogens (tertiary/aromatic N) is 3. The van der Waals surface area contributed by atoms with Crippen molar-refractivity contribution >= 4 is 17.4 Å². The molecule has 6 nitrogen and oxygen atoms in total. The van der Waals surface area contributed by atoms with E-state index in [1.54, 1.807) is 26.1 Å². The third-order valence-corrected chi connectivity index (χ3v) is 2.23. The minimum atomic E-state index is -0.470. The summed E-state index contributed by atoms with van der Waals surface area (Å²) < 4.78 is 6.33. The average molecular weight is 220 g/mol. The molecule has 84 valence electrons. The number of nitrogens with two attached hydrogens (primary N) is 1. The maximum Gasteiger partial charge on any atom is 0.343 e. The molecule has 0 aromatic carbocycles. The van der Waals surface area contributed by atoms with Crippen LogP contribution in [0.4, 0.5) is 5.82 Å². The van der Waals surface area contributed by atoms with Crippen LogP contribution in [0.1, 0.15) is 23.0 Å². The molecule has 0 unspecified atom stereocenters. The fraction of sp³-hybridized carbons (Fsp3) is 0.300. The summed E-state index contributed by atoms with van der Waals surface area (Å²) in [6, 6.07) is 1.72. The molecule has 16 heavy (non-hydrogen) atoms. The number of esters is 1. The zero-order chi connectivity index (χ0) is 11.7. The van der Waals surface area contributed by atoms with Crippen molar-refractivity contribution in [2.45, 2.75) is 13.8 Å². The number of carbonyl (C=O) groups is 1. The lowest BCUT2D eigenvalue weighted by atomic mass is 10.2. The lowest BCUT2D eigenvalue weighted by molar-refractivity contribution is 0.0525. The number of ether oxygens (including phenoxy) is 1. The van der Waals surface area contributed by atoms with Crippen molar-refractivity contribution in [3.05, 3.63) is 23.5 Å². The van der Waals surface area contributed by atoms with Gasteiger partial charge < -0.3 is 10.5 Å². The fourth-order valence-electron chi connectivity index (χ4n) is 1.54. The fourth-order valence-corrected chi connectivity index (χ4v) is 1.54. The Labute approximate surface area is 92.0 Å². The molecular formula is C10H12N4O2. The van der Waals surface area contributed by atoms with E-state index in [4.69, 9.17) is 10.5 Å². The molecule has 0 aliphatic carbocycles. The van der Waals surface area contributed by atoms with Crippen LogP contribution in [0.2, 0.25) is 0 Å². The number of hydrogen-bond acceptors (Lipinski definition) is 5. The van der Waals surface area contributed by atoms with Crippen LogP contribution in [0.25, 0.3) is 5.65 Å². The van der Waals surface area contributed by atoms with Gasteiger partial charge in [-0.05, 0) is 13.8 Å². The van der Waals surface area contributed by atoms with Gasteiger partial charge in [0.05, 0.1) is 18.5 Å². The highest BCUT2D eigenvalue weighted by atomic mass is 16.5. The van der Waals surface area contributed by atoms with E-state index in [1.807, 2.05) is 0 Å². The first-order chi connectivity index (χ1) is 7.65. The molecule has 2 N–H and O–H groups in total. The quantitative estimate of drug-likeness (QED) is 0.757. The lowest BCUT2D eigenvalue weighted by Crippen LogP contribution is -2.15. The Morgan fingerprint density at radius 3 is 3.06 bits per heavy atom. The Bertz CT molecular complexity index is 547. The highest BCUT2D eigenvalue weighted by Gasteiger charge is 2.18. The number of rotatable bonds is 2. The number of fused-ring (bicyclic) bond motifs is 1. The van der Waals surface area contributed by atoms with Crippen molar-refractivity contribution in [2.75, 3.05) is 12.3 Å². The van der Waals surface area contributed by atoms with Gasteiger partial charge in [-0.25, -0.2) is 9.78 Å². The number of anilines is 1. The number of carbonyl (C=O) groups excluding carboxylic acids is 1. The van der Waals surface area contributed by atoms with Crippen molar-refractivity contribution in [1.29, 1.82) is 0 Å². The monoisotopic (exact) mass is 220 g/mol. The van der Waals surface area contributed by atoms with E-state index in [0.717, 1.165) is 0 Å². The molecule has 0 saturated carbocycles. The molecule has 0 radical (unpaired) electrons. The molecule has 0 aliphatic rings. The molecule has 0 fully saturated rings. The molecule has 0 atom stereocenters. The van der Waals surface area contributed by atoms with E-state index in [2.05, 4.69) is 10.1 Å². The van der Waals surface area contributed by atoms with Crippen molar-refractivity contribution in [2.24, 2.45) is 0 Å². The van der Waals surface area contributed by atoms with Crippen molar-refractivity contribution in [3.63, 3.8) is 0 Å². The van der Waals surface area contributed by atoms with Gasteiger partial charge in [0.25, 0.3) is 0 Å². The molecule has 0 amide bonds. The Balaban J connectivity index is 2.63. The summed E-state index contributed by atoms with van der Waals surface area (Å²) in [5.41, 5.74) is 7.29. The van der Waals surface area contributed by atoms with Gasteiger partial charge in [0.15, 0.2) is 5.65 Å². The van der Waals surface area contributed by atoms with Crippen LogP contribution in [0.5, 0.6) is 0 Å². The average Bonchev–Trinajstić information content (AvgIpc) is 2.66. The lowest BCUT2D eigenvalue weighted by Gasteiger charge is -2.09. The highest BCUT2D eigenvalue weighted by Crippen LogP contribution is 2.17. The second kappa shape index (κ2) is 3.80. The summed E-state index contributed by atoms with van der Waals surface area (Å²) in [4.78, 5) is 15.9. The zero-order valence-electron chi connectivity index (χ0n) is 9.10. The zero-order valence-corrected chi connectivity index (χ0v) is 9.10.